The van der Waals surface area contributed by atoms with E-state index in [2.05, 4.69) is 9.71 Å². The topological polar surface area (TPSA) is 79.4 Å². The lowest BCUT2D eigenvalue weighted by atomic mass is 10.3. The molecule has 0 bridgehead atoms. The highest BCUT2D eigenvalue weighted by Gasteiger charge is 2.27. The van der Waals surface area contributed by atoms with Crippen LogP contribution in [0.15, 0.2) is 23.4 Å². The van der Waals surface area contributed by atoms with E-state index in [0.717, 1.165) is 6.07 Å². The molecule has 0 fully saturated rings. The van der Waals surface area contributed by atoms with Crippen molar-refractivity contribution in [1.29, 1.82) is 0 Å². The molecule has 0 aliphatic carbocycles. The number of carbonyl (C=O) groups is 1. The standard InChI is InChI=1S/C12H18FN3O3S/c1-4-16(5-2)12(17)9(3)15-20(18,19)11-10(13)7-6-8-14-11/h6-9,15H,4-5H2,1-3H3. The molecule has 0 aromatic carbocycles. The number of hydrogen-bond donors (Lipinski definition) is 1. The normalized spacial score (nSPS) is 13.0. The van der Waals surface area contributed by atoms with Crippen molar-refractivity contribution in [2.24, 2.45) is 0 Å². The zero-order chi connectivity index (χ0) is 15.3. The van der Waals surface area contributed by atoms with Crippen LogP contribution in [0, 0.1) is 5.82 Å². The highest BCUT2D eigenvalue weighted by atomic mass is 32.2. The number of halogens is 1. The highest BCUT2D eigenvalue weighted by Crippen LogP contribution is 2.10. The van der Waals surface area contributed by atoms with Crippen molar-refractivity contribution in [3.8, 4) is 0 Å². The van der Waals surface area contributed by atoms with Gasteiger partial charge in [0.2, 0.25) is 10.9 Å². The molecule has 0 spiro atoms. The largest absolute Gasteiger partial charge is 0.342 e. The Morgan fingerprint density at radius 2 is 2.05 bits per heavy atom. The smallest absolute Gasteiger partial charge is 0.261 e. The summed E-state index contributed by atoms with van der Waals surface area (Å²) in [6.07, 6.45) is 1.18. The fourth-order valence-corrected chi connectivity index (χ4v) is 2.92. The Labute approximate surface area is 118 Å². The van der Waals surface area contributed by atoms with E-state index in [1.54, 1.807) is 13.8 Å². The number of nitrogens with one attached hydrogen (secondary N) is 1. The summed E-state index contributed by atoms with van der Waals surface area (Å²) in [7, 11) is -4.17. The van der Waals surface area contributed by atoms with Crippen LogP contribution < -0.4 is 4.72 Å². The molecule has 0 radical (unpaired) electrons. The molecule has 0 aliphatic heterocycles. The molecule has 0 aliphatic rings. The first-order valence-electron chi connectivity index (χ1n) is 6.25. The summed E-state index contributed by atoms with van der Waals surface area (Å²) >= 11 is 0. The predicted octanol–water partition coefficient (Wildman–Crippen LogP) is 0.756. The van der Waals surface area contributed by atoms with Crippen LogP contribution in [0.5, 0.6) is 0 Å². The van der Waals surface area contributed by atoms with Gasteiger partial charge >= 0.3 is 0 Å². The summed E-state index contributed by atoms with van der Waals surface area (Å²) in [5, 5.41) is -0.709. The zero-order valence-electron chi connectivity index (χ0n) is 11.6. The quantitative estimate of drug-likeness (QED) is 0.841. The molecule has 1 rings (SSSR count). The van der Waals surface area contributed by atoms with Gasteiger partial charge in [-0.15, -0.1) is 0 Å². The van der Waals surface area contributed by atoms with E-state index < -0.39 is 26.9 Å². The van der Waals surface area contributed by atoms with E-state index in [0.29, 0.717) is 13.1 Å². The number of carbonyl (C=O) groups excluding carboxylic acids is 1. The fourth-order valence-electron chi connectivity index (χ4n) is 1.72. The third kappa shape index (κ3) is 3.73. The van der Waals surface area contributed by atoms with Gasteiger partial charge in [-0.1, -0.05) is 0 Å². The number of sulfonamides is 1. The predicted molar refractivity (Wildman–Crippen MR) is 71.9 cm³/mol. The molecule has 1 heterocycles. The van der Waals surface area contributed by atoms with Gasteiger partial charge in [-0.25, -0.2) is 17.8 Å². The average Bonchev–Trinajstić information content (AvgIpc) is 2.39. The number of likely N-dealkylation sites (N-methyl/N-ethyl adjacent to an activating group) is 1. The van der Waals surface area contributed by atoms with Gasteiger partial charge in [0.1, 0.15) is 0 Å². The maximum Gasteiger partial charge on any atom is 0.261 e. The van der Waals surface area contributed by atoms with E-state index in [1.807, 2.05) is 0 Å². The minimum atomic E-state index is -4.17. The van der Waals surface area contributed by atoms with Gasteiger partial charge in [-0.3, -0.25) is 4.79 Å². The Morgan fingerprint density at radius 1 is 1.45 bits per heavy atom. The third-order valence-corrected chi connectivity index (χ3v) is 4.23. The zero-order valence-corrected chi connectivity index (χ0v) is 12.4. The molecule has 1 amide bonds. The molecule has 8 heteroatoms. The first kappa shape index (κ1) is 16.5. The lowest BCUT2D eigenvalue weighted by molar-refractivity contribution is -0.132. The van der Waals surface area contributed by atoms with Crippen molar-refractivity contribution in [2.45, 2.75) is 31.8 Å². The molecule has 1 unspecified atom stereocenters. The molecular weight excluding hydrogens is 285 g/mol. The van der Waals surface area contributed by atoms with Crippen LogP contribution in [0.4, 0.5) is 4.39 Å². The number of amides is 1. The molecule has 0 saturated heterocycles. The molecule has 1 N–H and O–H groups in total. The van der Waals surface area contributed by atoms with Crippen molar-refractivity contribution in [3.05, 3.63) is 24.1 Å². The number of rotatable bonds is 6. The number of nitrogens with zero attached hydrogens (tertiary/aromatic N) is 2. The summed E-state index contributed by atoms with van der Waals surface area (Å²) in [5.74, 6) is -1.32. The summed E-state index contributed by atoms with van der Waals surface area (Å²) in [6.45, 7) is 5.94. The maximum atomic E-state index is 13.5. The second kappa shape index (κ2) is 6.76. The van der Waals surface area contributed by atoms with Crippen LogP contribution in [0.1, 0.15) is 20.8 Å². The van der Waals surface area contributed by atoms with Crippen LogP contribution in [-0.4, -0.2) is 43.3 Å². The van der Waals surface area contributed by atoms with E-state index in [1.165, 1.54) is 24.1 Å². The summed E-state index contributed by atoms with van der Waals surface area (Å²) in [6, 6.07) is 1.30. The van der Waals surface area contributed by atoms with E-state index in [4.69, 9.17) is 0 Å². The van der Waals surface area contributed by atoms with Crippen LogP contribution in [-0.2, 0) is 14.8 Å². The Kier molecular flexibility index (Phi) is 5.58. The van der Waals surface area contributed by atoms with Gasteiger partial charge in [0.05, 0.1) is 6.04 Å². The SMILES string of the molecule is CCN(CC)C(=O)C(C)NS(=O)(=O)c1ncccc1F. The summed E-state index contributed by atoms with van der Waals surface area (Å²) in [4.78, 5) is 17.0. The van der Waals surface area contributed by atoms with Crippen LogP contribution in [0.3, 0.4) is 0 Å². The van der Waals surface area contributed by atoms with Crippen molar-refractivity contribution >= 4 is 15.9 Å². The molecule has 0 saturated carbocycles. The average molecular weight is 303 g/mol. The second-order valence-corrected chi connectivity index (χ2v) is 5.77. The van der Waals surface area contributed by atoms with Crippen molar-refractivity contribution in [3.63, 3.8) is 0 Å². The lowest BCUT2D eigenvalue weighted by Crippen LogP contribution is -2.47. The maximum absolute atomic E-state index is 13.5. The Morgan fingerprint density at radius 3 is 2.55 bits per heavy atom. The van der Waals surface area contributed by atoms with Crippen LogP contribution in [0.25, 0.3) is 0 Å². The van der Waals surface area contributed by atoms with Gasteiger partial charge in [0.15, 0.2) is 5.82 Å². The molecule has 1 aromatic rings. The summed E-state index contributed by atoms with van der Waals surface area (Å²) in [5.41, 5.74) is 0. The van der Waals surface area contributed by atoms with Gasteiger partial charge in [0, 0.05) is 19.3 Å². The van der Waals surface area contributed by atoms with Gasteiger partial charge < -0.3 is 4.90 Å². The molecular formula is C12H18FN3O3S. The van der Waals surface area contributed by atoms with E-state index >= 15 is 0 Å². The third-order valence-electron chi connectivity index (χ3n) is 2.76. The Bertz CT molecular complexity index is 573. The Hall–Kier alpha value is -1.54. The minimum absolute atomic E-state index is 0.366. The first-order valence-corrected chi connectivity index (χ1v) is 7.73. The number of aromatic nitrogens is 1. The summed E-state index contributed by atoms with van der Waals surface area (Å²) < 4.78 is 39.6. The molecule has 1 aromatic heterocycles. The monoisotopic (exact) mass is 303 g/mol. The first-order chi connectivity index (χ1) is 9.33. The van der Waals surface area contributed by atoms with E-state index in [-0.39, 0.29) is 5.91 Å². The Balaban J connectivity index is 2.92. The van der Waals surface area contributed by atoms with E-state index in [9.17, 15) is 17.6 Å². The number of hydrogen-bond acceptors (Lipinski definition) is 4. The molecule has 20 heavy (non-hydrogen) atoms. The molecule has 112 valence electrons. The van der Waals surface area contributed by atoms with Crippen molar-refractivity contribution < 1.29 is 17.6 Å². The lowest BCUT2D eigenvalue weighted by Gasteiger charge is -2.23. The van der Waals surface area contributed by atoms with Crippen molar-refractivity contribution in [1.82, 2.24) is 14.6 Å². The molecule has 6 nitrogen and oxygen atoms in total. The van der Waals surface area contributed by atoms with Gasteiger partial charge in [-0.2, -0.15) is 4.72 Å². The van der Waals surface area contributed by atoms with Gasteiger partial charge in [0.25, 0.3) is 10.0 Å². The second-order valence-electron chi connectivity index (χ2n) is 4.14. The fraction of sp³-hybridized carbons (Fsp3) is 0.500. The molecule has 1 atom stereocenters. The van der Waals surface area contributed by atoms with Gasteiger partial charge in [-0.05, 0) is 32.9 Å². The van der Waals surface area contributed by atoms with Crippen LogP contribution >= 0.6 is 0 Å². The van der Waals surface area contributed by atoms with Crippen molar-refractivity contribution in [2.75, 3.05) is 13.1 Å². The number of pyridine rings is 1. The minimum Gasteiger partial charge on any atom is -0.342 e. The highest BCUT2D eigenvalue weighted by molar-refractivity contribution is 7.89. The van der Waals surface area contributed by atoms with Crippen LogP contribution in [0.2, 0.25) is 0 Å².